The van der Waals surface area contributed by atoms with Gasteiger partial charge in [0.1, 0.15) is 5.76 Å². The molecule has 1 aliphatic rings. The van der Waals surface area contributed by atoms with E-state index in [4.69, 9.17) is 20.9 Å². The number of rotatable bonds is 6. The van der Waals surface area contributed by atoms with E-state index >= 15 is 0 Å². The number of carbonyl (C=O) groups is 2. The van der Waals surface area contributed by atoms with Crippen LogP contribution in [0.4, 0.5) is 0 Å². The first-order chi connectivity index (χ1) is 11.9. The summed E-state index contributed by atoms with van der Waals surface area (Å²) < 4.78 is 10.5. The number of halogens is 1. The predicted molar refractivity (Wildman–Crippen MR) is 95.7 cm³/mol. The highest BCUT2D eigenvalue weighted by molar-refractivity contribution is 7.98. The smallest absolute Gasteiger partial charge is 0.341 e. The first-order valence-electron chi connectivity index (χ1n) is 8.01. The highest BCUT2D eigenvalue weighted by Crippen LogP contribution is 2.40. The lowest BCUT2D eigenvalue weighted by molar-refractivity contribution is 0.0374. The van der Waals surface area contributed by atoms with Gasteiger partial charge in [-0.3, -0.25) is 4.79 Å². The molecule has 0 aliphatic heterocycles. The average molecular weight is 380 g/mol. The van der Waals surface area contributed by atoms with Gasteiger partial charge in [-0.2, -0.15) is 0 Å². The molecule has 0 bridgehead atoms. The second-order valence-electron chi connectivity index (χ2n) is 6.18. The van der Waals surface area contributed by atoms with E-state index in [1.807, 2.05) is 6.26 Å². The van der Waals surface area contributed by atoms with Crippen LogP contribution >= 0.6 is 23.4 Å². The fourth-order valence-electron chi connectivity index (χ4n) is 2.46. The molecule has 1 fully saturated rings. The molecule has 1 aromatic heterocycles. The van der Waals surface area contributed by atoms with Crippen molar-refractivity contribution in [1.29, 1.82) is 0 Å². The summed E-state index contributed by atoms with van der Waals surface area (Å²) in [5.74, 6) is 0.171. The van der Waals surface area contributed by atoms with Crippen molar-refractivity contribution >= 4 is 35.1 Å². The van der Waals surface area contributed by atoms with E-state index in [9.17, 15) is 9.59 Å². The third-order valence-electron chi connectivity index (χ3n) is 3.86. The molecule has 1 heterocycles. The molecule has 1 saturated carbocycles. The normalized spacial score (nSPS) is 14.0. The quantitative estimate of drug-likeness (QED) is 0.410. The predicted octanol–water partition coefficient (Wildman–Crippen LogP) is 4.72. The van der Waals surface area contributed by atoms with Crippen LogP contribution in [0, 0.1) is 0 Å². The Morgan fingerprint density at radius 3 is 2.68 bits per heavy atom. The van der Waals surface area contributed by atoms with E-state index in [2.05, 4.69) is 5.16 Å². The molecule has 1 aliphatic carbocycles. The Morgan fingerprint density at radius 2 is 2.08 bits per heavy atom. The van der Waals surface area contributed by atoms with Crippen LogP contribution in [0.15, 0.2) is 27.6 Å². The zero-order valence-corrected chi connectivity index (χ0v) is 15.7. The Hall–Kier alpha value is -1.79. The lowest BCUT2D eigenvalue weighted by atomic mass is 10.0. The molecular weight excluding hydrogens is 362 g/mol. The molecule has 0 amide bonds. The first-order valence-corrected chi connectivity index (χ1v) is 9.61. The van der Waals surface area contributed by atoms with Crippen LogP contribution in [0.25, 0.3) is 0 Å². The van der Waals surface area contributed by atoms with Crippen LogP contribution in [0.1, 0.15) is 64.8 Å². The third kappa shape index (κ3) is 3.75. The van der Waals surface area contributed by atoms with Crippen molar-refractivity contribution in [2.24, 2.45) is 0 Å². The molecule has 1 aromatic carbocycles. The maximum Gasteiger partial charge on any atom is 0.341 e. The van der Waals surface area contributed by atoms with Crippen LogP contribution in [0.3, 0.4) is 0 Å². The van der Waals surface area contributed by atoms with Crippen LogP contribution in [0.2, 0.25) is 5.02 Å². The minimum absolute atomic E-state index is 0.0819. The average Bonchev–Trinajstić information content (AvgIpc) is 3.30. The van der Waals surface area contributed by atoms with Gasteiger partial charge in [-0.25, -0.2) is 4.79 Å². The van der Waals surface area contributed by atoms with E-state index < -0.39 is 5.97 Å². The summed E-state index contributed by atoms with van der Waals surface area (Å²) in [6, 6.07) is 4.96. The van der Waals surface area contributed by atoms with Gasteiger partial charge in [-0.1, -0.05) is 16.8 Å². The molecule has 3 rings (SSSR count). The Morgan fingerprint density at radius 1 is 1.36 bits per heavy atom. The Labute approximate surface area is 155 Å². The molecule has 0 N–H and O–H groups in total. The van der Waals surface area contributed by atoms with E-state index in [0.29, 0.717) is 10.8 Å². The van der Waals surface area contributed by atoms with E-state index in [0.717, 1.165) is 18.6 Å². The van der Waals surface area contributed by atoms with Gasteiger partial charge in [-0.15, -0.1) is 11.8 Å². The van der Waals surface area contributed by atoms with E-state index in [1.165, 1.54) is 11.8 Å². The molecule has 0 spiro atoms. The number of ketones is 1. The summed E-state index contributed by atoms with van der Waals surface area (Å²) in [6.45, 7) is 3.52. The number of nitrogens with zero attached hydrogens (tertiary/aromatic N) is 1. The van der Waals surface area contributed by atoms with Gasteiger partial charge < -0.3 is 9.26 Å². The topological polar surface area (TPSA) is 69.4 Å². The van der Waals surface area contributed by atoms with E-state index in [-0.39, 0.29) is 33.7 Å². The second kappa shape index (κ2) is 7.22. The highest BCUT2D eigenvalue weighted by atomic mass is 35.5. The molecule has 2 aromatic rings. The fraction of sp³-hybridized carbons (Fsp3) is 0.389. The number of esters is 1. The largest absolute Gasteiger partial charge is 0.459 e. The van der Waals surface area contributed by atoms with Gasteiger partial charge in [-0.05, 0) is 45.1 Å². The Kier molecular flexibility index (Phi) is 5.20. The lowest BCUT2D eigenvalue weighted by Crippen LogP contribution is -2.15. The number of aromatic nitrogens is 1. The molecule has 132 valence electrons. The third-order valence-corrected chi connectivity index (χ3v) is 5.03. The number of hydrogen-bond donors (Lipinski definition) is 0. The van der Waals surface area contributed by atoms with Crippen molar-refractivity contribution in [1.82, 2.24) is 5.16 Å². The van der Waals surface area contributed by atoms with Crippen molar-refractivity contribution in [3.05, 3.63) is 45.8 Å². The van der Waals surface area contributed by atoms with Gasteiger partial charge in [0.05, 0.1) is 16.7 Å². The van der Waals surface area contributed by atoms with E-state index in [1.54, 1.807) is 32.0 Å². The van der Waals surface area contributed by atoms with Crippen molar-refractivity contribution in [2.45, 2.75) is 43.6 Å². The summed E-state index contributed by atoms with van der Waals surface area (Å²) in [4.78, 5) is 25.8. The lowest BCUT2D eigenvalue weighted by Gasteiger charge is -2.14. The maximum atomic E-state index is 12.8. The molecule has 0 saturated heterocycles. The van der Waals surface area contributed by atoms with Crippen molar-refractivity contribution < 1.29 is 18.8 Å². The zero-order valence-electron chi connectivity index (χ0n) is 14.2. The first kappa shape index (κ1) is 18.0. The molecule has 7 heteroatoms. The summed E-state index contributed by atoms with van der Waals surface area (Å²) in [5, 5.41) is 3.94. The number of carbonyl (C=O) groups excluding carboxylic acids is 2. The minimum Gasteiger partial charge on any atom is -0.459 e. The number of ether oxygens (including phenoxy) is 1. The highest BCUT2D eigenvalue weighted by Gasteiger charge is 2.30. The molecule has 0 atom stereocenters. The SMILES string of the molecule is CSc1ccc(C(=O)c2cc(C3CC3)on2)c(Cl)c1C(=O)OC(C)C. The fourth-order valence-corrected chi connectivity index (χ4v) is 3.44. The zero-order chi connectivity index (χ0) is 18.1. The maximum absolute atomic E-state index is 12.8. The molecule has 0 radical (unpaired) electrons. The van der Waals surface area contributed by atoms with Crippen LogP contribution < -0.4 is 0 Å². The summed E-state index contributed by atoms with van der Waals surface area (Å²) >= 11 is 7.77. The molecule has 5 nitrogen and oxygen atoms in total. The minimum atomic E-state index is -0.544. The van der Waals surface area contributed by atoms with Crippen LogP contribution in [0.5, 0.6) is 0 Å². The van der Waals surface area contributed by atoms with Crippen LogP contribution in [-0.4, -0.2) is 29.3 Å². The van der Waals surface area contributed by atoms with Gasteiger partial charge in [0, 0.05) is 22.4 Å². The summed E-state index contributed by atoms with van der Waals surface area (Å²) in [6.07, 6.45) is 3.65. The van der Waals surface area contributed by atoms with Crippen molar-refractivity contribution in [3.8, 4) is 0 Å². The second-order valence-corrected chi connectivity index (χ2v) is 7.40. The number of thioether (sulfide) groups is 1. The monoisotopic (exact) mass is 379 g/mol. The molecular formula is C18H18ClNO4S. The number of benzene rings is 1. The molecule has 0 unspecified atom stereocenters. The van der Waals surface area contributed by atoms with Gasteiger partial charge in [0.25, 0.3) is 0 Å². The van der Waals surface area contributed by atoms with Gasteiger partial charge in [0.15, 0.2) is 5.69 Å². The van der Waals surface area contributed by atoms with Gasteiger partial charge in [0.2, 0.25) is 5.78 Å². The van der Waals surface area contributed by atoms with Crippen molar-refractivity contribution in [2.75, 3.05) is 6.26 Å². The summed E-state index contributed by atoms with van der Waals surface area (Å²) in [7, 11) is 0. The molecule has 25 heavy (non-hydrogen) atoms. The summed E-state index contributed by atoms with van der Waals surface area (Å²) in [5.41, 5.74) is 0.620. The Bertz CT molecular complexity index is 826. The Balaban J connectivity index is 1.97. The standard InChI is InChI=1S/C18H18ClNO4S/c1-9(2)23-18(22)15-14(25-3)7-6-11(16(15)19)17(21)12-8-13(24-20-12)10-4-5-10/h6-10H,4-5H2,1-3H3. The number of hydrogen-bond acceptors (Lipinski definition) is 6. The van der Waals surface area contributed by atoms with Gasteiger partial charge >= 0.3 is 5.97 Å². The van der Waals surface area contributed by atoms with Crippen molar-refractivity contribution in [3.63, 3.8) is 0 Å². The van der Waals surface area contributed by atoms with Crippen LogP contribution in [-0.2, 0) is 4.74 Å².